The van der Waals surface area contributed by atoms with E-state index in [-0.39, 0.29) is 5.91 Å². The molecule has 1 aliphatic rings. The average molecular weight is 524 g/mol. The number of benzene rings is 2. The van der Waals surface area contributed by atoms with Gasteiger partial charge in [0.2, 0.25) is 11.9 Å². The van der Waals surface area contributed by atoms with E-state index in [9.17, 15) is 14.0 Å². The Hall–Kier alpha value is -4.18. The van der Waals surface area contributed by atoms with E-state index in [4.69, 9.17) is 11.6 Å². The van der Waals surface area contributed by atoms with Crippen molar-refractivity contribution in [2.24, 2.45) is 0 Å². The van der Waals surface area contributed by atoms with E-state index in [1.165, 1.54) is 6.20 Å². The number of anilines is 6. The highest BCUT2D eigenvalue weighted by Crippen LogP contribution is 2.29. The maximum atomic E-state index is 13.0. The summed E-state index contributed by atoms with van der Waals surface area (Å²) in [4.78, 5) is 36.0. The molecular formula is C26H27ClFN7O2. The molecule has 0 unspecified atom stereocenters. The van der Waals surface area contributed by atoms with Crippen LogP contribution in [0, 0.1) is 6.92 Å². The number of carbonyl (C=O) groups is 2. The Kier molecular flexibility index (Phi) is 7.88. The van der Waals surface area contributed by atoms with Gasteiger partial charge in [0, 0.05) is 55.9 Å². The molecule has 2 amide bonds. The number of nitrogens with one attached hydrogen (secondary N) is 3. The Morgan fingerprint density at radius 2 is 1.73 bits per heavy atom. The first kappa shape index (κ1) is 25.9. The number of rotatable bonds is 7. The second-order valence-electron chi connectivity index (χ2n) is 8.57. The fraction of sp³-hybridized carbons (Fsp3) is 0.231. The van der Waals surface area contributed by atoms with Crippen molar-refractivity contribution in [1.29, 1.82) is 0 Å². The third kappa shape index (κ3) is 6.53. The summed E-state index contributed by atoms with van der Waals surface area (Å²) in [6.07, 6.45) is 1.48. The van der Waals surface area contributed by atoms with Gasteiger partial charge in [-0.15, -0.1) is 0 Å². The number of halogens is 2. The summed E-state index contributed by atoms with van der Waals surface area (Å²) in [7, 11) is 0. The second kappa shape index (κ2) is 11.3. The average Bonchev–Trinajstić information content (AvgIpc) is 2.86. The number of amides is 2. The molecule has 11 heteroatoms. The number of nitrogens with zero attached hydrogens (tertiary/aromatic N) is 4. The van der Waals surface area contributed by atoms with E-state index >= 15 is 0 Å². The Balaban J connectivity index is 1.45. The SMILES string of the molecule is C=C(F)C(=O)Nc1cccc(Nc2nc(Nc3ccc(N4CCN(C(C)=O)CC4)c(C)c3)ncc2Cl)c1. The molecule has 2 heterocycles. The van der Waals surface area contributed by atoms with E-state index in [1.54, 1.807) is 31.2 Å². The van der Waals surface area contributed by atoms with Crippen molar-refractivity contribution in [3.8, 4) is 0 Å². The van der Waals surface area contributed by atoms with Crippen molar-refractivity contribution in [2.45, 2.75) is 13.8 Å². The molecule has 2 aromatic carbocycles. The summed E-state index contributed by atoms with van der Waals surface area (Å²) in [5.74, 6) is -1.19. The van der Waals surface area contributed by atoms with Gasteiger partial charge in [0.1, 0.15) is 5.02 Å². The zero-order valence-electron chi connectivity index (χ0n) is 20.5. The third-order valence-corrected chi connectivity index (χ3v) is 6.17. The summed E-state index contributed by atoms with van der Waals surface area (Å²) in [6, 6.07) is 12.7. The minimum Gasteiger partial charge on any atom is -0.368 e. The molecule has 0 saturated carbocycles. The zero-order valence-corrected chi connectivity index (χ0v) is 21.3. The highest BCUT2D eigenvalue weighted by molar-refractivity contribution is 6.32. The molecule has 0 spiro atoms. The van der Waals surface area contributed by atoms with Crippen LogP contribution in [0.2, 0.25) is 5.02 Å². The fourth-order valence-corrected chi connectivity index (χ4v) is 4.14. The molecule has 0 atom stereocenters. The zero-order chi connectivity index (χ0) is 26.5. The number of aromatic nitrogens is 2. The van der Waals surface area contributed by atoms with Crippen molar-refractivity contribution in [1.82, 2.24) is 14.9 Å². The number of aryl methyl sites for hydroxylation is 1. The molecule has 3 aromatic rings. The van der Waals surface area contributed by atoms with Gasteiger partial charge in [-0.05, 0) is 48.9 Å². The van der Waals surface area contributed by atoms with E-state index in [0.29, 0.717) is 41.3 Å². The lowest BCUT2D eigenvalue weighted by Crippen LogP contribution is -2.48. The van der Waals surface area contributed by atoms with Crippen LogP contribution in [0.15, 0.2) is 61.1 Å². The highest BCUT2D eigenvalue weighted by atomic mass is 35.5. The van der Waals surface area contributed by atoms with Crippen LogP contribution in [0.4, 0.5) is 38.9 Å². The highest BCUT2D eigenvalue weighted by Gasteiger charge is 2.20. The van der Waals surface area contributed by atoms with Gasteiger partial charge in [-0.2, -0.15) is 4.98 Å². The lowest BCUT2D eigenvalue weighted by Gasteiger charge is -2.36. The summed E-state index contributed by atoms with van der Waals surface area (Å²) >= 11 is 6.30. The minimum absolute atomic E-state index is 0.107. The van der Waals surface area contributed by atoms with Crippen LogP contribution in [-0.4, -0.2) is 52.9 Å². The van der Waals surface area contributed by atoms with Gasteiger partial charge in [-0.25, -0.2) is 9.37 Å². The van der Waals surface area contributed by atoms with E-state index in [0.717, 1.165) is 30.0 Å². The predicted octanol–water partition coefficient (Wildman–Crippen LogP) is 5.02. The molecule has 4 rings (SSSR count). The van der Waals surface area contributed by atoms with Gasteiger partial charge in [0.15, 0.2) is 11.6 Å². The second-order valence-corrected chi connectivity index (χ2v) is 8.98. The molecular weight excluding hydrogens is 497 g/mol. The smallest absolute Gasteiger partial charge is 0.283 e. The van der Waals surface area contributed by atoms with E-state index in [2.05, 4.69) is 37.4 Å². The van der Waals surface area contributed by atoms with E-state index in [1.807, 2.05) is 30.0 Å². The quantitative estimate of drug-likeness (QED) is 0.374. The fourth-order valence-electron chi connectivity index (χ4n) is 4.00. The van der Waals surface area contributed by atoms with Crippen LogP contribution in [0.1, 0.15) is 12.5 Å². The van der Waals surface area contributed by atoms with Crippen LogP contribution in [0.25, 0.3) is 0 Å². The van der Waals surface area contributed by atoms with Crippen LogP contribution in [-0.2, 0) is 9.59 Å². The van der Waals surface area contributed by atoms with Gasteiger partial charge in [-0.1, -0.05) is 24.2 Å². The lowest BCUT2D eigenvalue weighted by atomic mass is 10.1. The number of piperazine rings is 1. The molecule has 1 fully saturated rings. The first-order chi connectivity index (χ1) is 17.7. The molecule has 0 radical (unpaired) electrons. The molecule has 192 valence electrons. The van der Waals surface area contributed by atoms with Gasteiger partial charge in [0.25, 0.3) is 5.91 Å². The molecule has 1 aromatic heterocycles. The molecule has 9 nitrogen and oxygen atoms in total. The summed E-state index contributed by atoms with van der Waals surface area (Å²) in [5, 5.41) is 9.00. The molecule has 1 aliphatic heterocycles. The van der Waals surface area contributed by atoms with Crippen LogP contribution in [0.3, 0.4) is 0 Å². The van der Waals surface area contributed by atoms with Crippen molar-refractivity contribution in [3.63, 3.8) is 0 Å². The topological polar surface area (TPSA) is 102 Å². The largest absolute Gasteiger partial charge is 0.368 e. The Morgan fingerprint density at radius 3 is 2.41 bits per heavy atom. The maximum absolute atomic E-state index is 13.0. The summed E-state index contributed by atoms with van der Waals surface area (Å²) in [5.41, 5.74) is 3.99. The first-order valence-corrected chi connectivity index (χ1v) is 12.0. The Labute approximate surface area is 219 Å². The molecule has 0 bridgehead atoms. The monoisotopic (exact) mass is 523 g/mol. The number of hydrogen-bond acceptors (Lipinski definition) is 7. The molecule has 0 aliphatic carbocycles. The molecule has 1 saturated heterocycles. The standard InChI is InChI=1S/C26H27ClFN7O2/c1-16-13-21(7-8-23(16)35-11-9-34(10-12-35)18(3)36)32-26-29-15-22(27)24(33-26)30-19-5-4-6-20(14-19)31-25(37)17(2)28/h4-8,13-15H,2,9-12H2,1,3H3,(H,31,37)(H2,29,30,32,33). The number of hydrogen-bond donors (Lipinski definition) is 3. The van der Waals surface area contributed by atoms with Gasteiger partial charge >= 0.3 is 0 Å². The maximum Gasteiger partial charge on any atom is 0.283 e. The van der Waals surface area contributed by atoms with Crippen LogP contribution < -0.4 is 20.9 Å². The minimum atomic E-state index is -1.08. The van der Waals surface area contributed by atoms with Gasteiger partial charge < -0.3 is 25.8 Å². The van der Waals surface area contributed by atoms with Crippen molar-refractivity contribution < 1.29 is 14.0 Å². The Morgan fingerprint density at radius 1 is 1.03 bits per heavy atom. The van der Waals surface area contributed by atoms with Gasteiger partial charge in [-0.3, -0.25) is 9.59 Å². The van der Waals surface area contributed by atoms with Crippen LogP contribution >= 0.6 is 11.6 Å². The van der Waals surface area contributed by atoms with Crippen molar-refractivity contribution >= 4 is 57.9 Å². The normalized spacial score (nSPS) is 13.2. The Bertz CT molecular complexity index is 1340. The molecule has 3 N–H and O–H groups in total. The summed E-state index contributed by atoms with van der Waals surface area (Å²) in [6.45, 7) is 9.63. The van der Waals surface area contributed by atoms with E-state index < -0.39 is 11.7 Å². The predicted molar refractivity (Wildman–Crippen MR) is 145 cm³/mol. The molecule has 37 heavy (non-hydrogen) atoms. The van der Waals surface area contributed by atoms with Crippen molar-refractivity contribution in [2.75, 3.05) is 47.0 Å². The van der Waals surface area contributed by atoms with Crippen molar-refractivity contribution in [3.05, 3.63) is 71.7 Å². The third-order valence-electron chi connectivity index (χ3n) is 5.89. The van der Waals surface area contributed by atoms with Crippen LogP contribution in [0.5, 0.6) is 0 Å². The number of carbonyl (C=O) groups excluding carboxylic acids is 2. The van der Waals surface area contributed by atoms with Gasteiger partial charge in [0.05, 0.1) is 6.20 Å². The summed E-state index contributed by atoms with van der Waals surface area (Å²) < 4.78 is 13.0. The first-order valence-electron chi connectivity index (χ1n) is 11.6. The lowest BCUT2D eigenvalue weighted by molar-refractivity contribution is -0.129.